The number of anilines is 1. The lowest BCUT2D eigenvalue weighted by Crippen LogP contribution is -2.23. The first kappa shape index (κ1) is 21.8. The summed E-state index contributed by atoms with van der Waals surface area (Å²) >= 11 is 0. The van der Waals surface area contributed by atoms with Gasteiger partial charge in [-0.2, -0.15) is 9.78 Å². The van der Waals surface area contributed by atoms with Crippen molar-refractivity contribution in [2.24, 2.45) is 0 Å². The molecule has 8 nitrogen and oxygen atoms in total. The van der Waals surface area contributed by atoms with Crippen LogP contribution in [0.25, 0.3) is 22.5 Å². The molecule has 2 heterocycles. The number of hydrogen-bond acceptors (Lipinski definition) is 5. The molecular formula is C27H21N5O3. The lowest BCUT2D eigenvalue weighted by atomic mass is 10.1. The van der Waals surface area contributed by atoms with Crippen LogP contribution in [0.15, 0.2) is 103 Å². The SMILES string of the molecule is Cc1ccc(-n2ncc(-n3ccnc3)c(Oc3ccc(-c4cccc(NC=O)c4)cc3)c2=O)cc1. The van der Waals surface area contributed by atoms with Crippen molar-refractivity contribution in [3.63, 3.8) is 0 Å². The van der Waals surface area contributed by atoms with Crippen LogP contribution in [0.4, 0.5) is 5.69 Å². The molecule has 0 bridgehead atoms. The number of aryl methyl sites for hydroxylation is 1. The Morgan fingerprint density at radius 2 is 1.77 bits per heavy atom. The average Bonchev–Trinajstić information content (AvgIpc) is 3.42. The molecule has 0 spiro atoms. The topological polar surface area (TPSA) is 91.0 Å². The molecule has 0 saturated carbocycles. The fourth-order valence-electron chi connectivity index (χ4n) is 3.67. The zero-order chi connectivity index (χ0) is 24.2. The molecule has 1 amide bonds. The summed E-state index contributed by atoms with van der Waals surface area (Å²) in [7, 11) is 0. The molecule has 5 aromatic rings. The van der Waals surface area contributed by atoms with E-state index >= 15 is 0 Å². The highest BCUT2D eigenvalue weighted by atomic mass is 16.5. The number of imidazole rings is 1. The molecule has 0 saturated heterocycles. The van der Waals surface area contributed by atoms with E-state index in [0.29, 0.717) is 29.2 Å². The normalized spacial score (nSPS) is 10.7. The Bertz CT molecular complexity index is 1520. The summed E-state index contributed by atoms with van der Waals surface area (Å²) in [6.07, 6.45) is 7.16. The minimum atomic E-state index is -0.392. The van der Waals surface area contributed by atoms with Crippen molar-refractivity contribution in [3.05, 3.63) is 114 Å². The smallest absolute Gasteiger partial charge is 0.316 e. The van der Waals surface area contributed by atoms with Crippen LogP contribution in [0.2, 0.25) is 0 Å². The molecule has 8 heteroatoms. The fourth-order valence-corrected chi connectivity index (χ4v) is 3.67. The zero-order valence-corrected chi connectivity index (χ0v) is 18.8. The number of carbonyl (C=O) groups excluding carboxylic acids is 1. The number of ether oxygens (including phenoxy) is 1. The van der Waals surface area contributed by atoms with Crippen molar-refractivity contribution in [2.75, 3.05) is 5.32 Å². The Morgan fingerprint density at radius 1 is 0.971 bits per heavy atom. The minimum absolute atomic E-state index is 0.128. The number of amides is 1. The van der Waals surface area contributed by atoms with E-state index in [9.17, 15) is 9.59 Å². The zero-order valence-electron chi connectivity index (χ0n) is 18.8. The first-order valence-electron chi connectivity index (χ1n) is 10.9. The van der Waals surface area contributed by atoms with E-state index in [1.165, 1.54) is 4.68 Å². The van der Waals surface area contributed by atoms with Gasteiger partial charge in [0.1, 0.15) is 11.4 Å². The number of nitrogens with zero attached hydrogens (tertiary/aromatic N) is 4. The van der Waals surface area contributed by atoms with E-state index in [0.717, 1.165) is 16.7 Å². The summed E-state index contributed by atoms with van der Waals surface area (Å²) in [5.74, 6) is 0.625. The largest absolute Gasteiger partial charge is 0.449 e. The molecular weight excluding hydrogens is 442 g/mol. The summed E-state index contributed by atoms with van der Waals surface area (Å²) in [6, 6.07) is 22.4. The standard InChI is InChI=1S/C27H21N5O3/c1-19-5-9-23(10-6-19)32-27(34)26(25(16-30-32)31-14-13-28-17-31)35-24-11-7-20(8-12-24)21-3-2-4-22(15-21)29-18-33/h2-18H,1H3,(H,29,33). The first-order chi connectivity index (χ1) is 17.1. The molecule has 0 radical (unpaired) electrons. The molecule has 5 rings (SSSR count). The fraction of sp³-hybridized carbons (Fsp3) is 0.0370. The first-order valence-corrected chi connectivity index (χ1v) is 10.9. The predicted octanol–water partition coefficient (Wildman–Crippen LogP) is 4.75. The van der Waals surface area contributed by atoms with Gasteiger partial charge in [0.15, 0.2) is 0 Å². The second-order valence-electron chi connectivity index (χ2n) is 7.85. The van der Waals surface area contributed by atoms with Crippen LogP contribution in [0.3, 0.4) is 0 Å². The van der Waals surface area contributed by atoms with Crippen LogP contribution in [-0.2, 0) is 4.79 Å². The third-order valence-corrected chi connectivity index (χ3v) is 5.47. The highest BCUT2D eigenvalue weighted by Gasteiger charge is 2.17. The molecule has 0 aliphatic carbocycles. The van der Waals surface area contributed by atoms with E-state index in [1.807, 2.05) is 67.6 Å². The van der Waals surface area contributed by atoms with Crippen LogP contribution in [-0.4, -0.2) is 25.7 Å². The third kappa shape index (κ3) is 4.58. The summed E-state index contributed by atoms with van der Waals surface area (Å²) in [5.41, 5.74) is 4.39. The summed E-state index contributed by atoms with van der Waals surface area (Å²) in [6.45, 7) is 1.98. The molecule has 0 aliphatic heterocycles. The van der Waals surface area contributed by atoms with E-state index in [2.05, 4.69) is 15.4 Å². The van der Waals surface area contributed by atoms with Crippen molar-refractivity contribution >= 4 is 12.1 Å². The number of benzene rings is 3. The third-order valence-electron chi connectivity index (χ3n) is 5.47. The maximum atomic E-state index is 13.5. The van der Waals surface area contributed by atoms with Crippen LogP contribution in [0.5, 0.6) is 11.5 Å². The van der Waals surface area contributed by atoms with Crippen molar-refractivity contribution in [1.29, 1.82) is 0 Å². The summed E-state index contributed by atoms with van der Waals surface area (Å²) in [5, 5.41) is 7.01. The molecule has 0 fully saturated rings. The number of aromatic nitrogens is 4. The van der Waals surface area contributed by atoms with Crippen LogP contribution < -0.4 is 15.6 Å². The molecule has 0 atom stereocenters. The monoisotopic (exact) mass is 463 g/mol. The van der Waals surface area contributed by atoms with E-state index in [-0.39, 0.29) is 5.75 Å². The van der Waals surface area contributed by atoms with Crippen LogP contribution >= 0.6 is 0 Å². The van der Waals surface area contributed by atoms with Gasteiger partial charge in [0.05, 0.1) is 18.2 Å². The van der Waals surface area contributed by atoms with E-state index in [4.69, 9.17) is 4.74 Å². The maximum absolute atomic E-state index is 13.5. The second-order valence-corrected chi connectivity index (χ2v) is 7.85. The van der Waals surface area contributed by atoms with E-state index in [1.54, 1.807) is 41.6 Å². The van der Waals surface area contributed by atoms with Gasteiger partial charge >= 0.3 is 5.56 Å². The second kappa shape index (κ2) is 9.48. The highest BCUT2D eigenvalue weighted by Crippen LogP contribution is 2.28. The van der Waals surface area contributed by atoms with Gasteiger partial charge in [0.25, 0.3) is 0 Å². The molecule has 3 aromatic carbocycles. The molecule has 1 N–H and O–H groups in total. The van der Waals surface area contributed by atoms with Crippen molar-refractivity contribution in [3.8, 4) is 34.0 Å². The van der Waals surface area contributed by atoms with Gasteiger partial charge in [0.2, 0.25) is 12.2 Å². The van der Waals surface area contributed by atoms with Gasteiger partial charge < -0.3 is 14.6 Å². The van der Waals surface area contributed by atoms with Crippen molar-refractivity contribution in [2.45, 2.75) is 6.92 Å². The Hall–Kier alpha value is -4.98. The molecule has 0 aliphatic rings. The minimum Gasteiger partial charge on any atom is -0.449 e. The van der Waals surface area contributed by atoms with Gasteiger partial charge in [-0.3, -0.25) is 9.59 Å². The number of carbonyl (C=O) groups is 1. The lowest BCUT2D eigenvalue weighted by molar-refractivity contribution is -0.105. The number of nitrogens with one attached hydrogen (secondary N) is 1. The van der Waals surface area contributed by atoms with Crippen molar-refractivity contribution < 1.29 is 9.53 Å². The van der Waals surface area contributed by atoms with Gasteiger partial charge in [-0.25, -0.2) is 4.98 Å². The molecule has 0 unspecified atom stereocenters. The maximum Gasteiger partial charge on any atom is 0.316 e. The number of rotatable bonds is 7. The predicted molar refractivity (Wildman–Crippen MR) is 133 cm³/mol. The Morgan fingerprint density at radius 3 is 2.49 bits per heavy atom. The highest BCUT2D eigenvalue weighted by molar-refractivity contribution is 5.76. The van der Waals surface area contributed by atoms with Crippen molar-refractivity contribution in [1.82, 2.24) is 19.3 Å². The molecule has 35 heavy (non-hydrogen) atoms. The van der Waals surface area contributed by atoms with Gasteiger partial charge in [-0.15, -0.1) is 0 Å². The van der Waals surface area contributed by atoms with Crippen LogP contribution in [0, 0.1) is 6.92 Å². The quantitative estimate of drug-likeness (QED) is 0.352. The number of hydrogen-bond donors (Lipinski definition) is 1. The summed E-state index contributed by atoms with van der Waals surface area (Å²) in [4.78, 5) is 28.3. The van der Waals surface area contributed by atoms with E-state index < -0.39 is 5.56 Å². The summed E-state index contributed by atoms with van der Waals surface area (Å²) < 4.78 is 9.12. The van der Waals surface area contributed by atoms with Gasteiger partial charge in [-0.1, -0.05) is 42.0 Å². The Balaban J connectivity index is 1.52. The Labute approximate surface area is 201 Å². The Kier molecular flexibility index (Phi) is 5.92. The molecule has 172 valence electrons. The lowest BCUT2D eigenvalue weighted by Gasteiger charge is -2.14. The van der Waals surface area contributed by atoms with Gasteiger partial charge in [-0.05, 0) is 54.4 Å². The van der Waals surface area contributed by atoms with Crippen LogP contribution in [0.1, 0.15) is 5.56 Å². The van der Waals surface area contributed by atoms with Gasteiger partial charge in [0, 0.05) is 18.1 Å². The average molecular weight is 463 g/mol. The molecule has 2 aromatic heterocycles.